The molecular formula is C21H18ClF2N7O. The number of halogens is 3. The lowest BCUT2D eigenvalue weighted by atomic mass is 10.00. The molecule has 32 heavy (non-hydrogen) atoms. The van der Waals surface area contributed by atoms with E-state index in [2.05, 4.69) is 20.2 Å². The van der Waals surface area contributed by atoms with E-state index in [1.807, 2.05) is 0 Å². The zero-order valence-electron chi connectivity index (χ0n) is 16.6. The number of benzene rings is 1. The number of hydrogen-bond donors (Lipinski definition) is 3. The van der Waals surface area contributed by atoms with Crippen molar-refractivity contribution < 1.29 is 13.2 Å². The molecule has 1 atom stereocenters. The zero-order valence-corrected chi connectivity index (χ0v) is 17.4. The summed E-state index contributed by atoms with van der Waals surface area (Å²) in [6, 6.07) is 2.93. The molecule has 0 spiro atoms. The van der Waals surface area contributed by atoms with Gasteiger partial charge in [0.1, 0.15) is 23.2 Å². The molecule has 0 saturated carbocycles. The van der Waals surface area contributed by atoms with Crippen molar-refractivity contribution >= 4 is 23.8 Å². The Kier molecular flexibility index (Phi) is 6.13. The number of hydrogen-bond acceptors (Lipinski definition) is 7. The summed E-state index contributed by atoms with van der Waals surface area (Å²) in [4.78, 5) is 9.17. The molecule has 0 bridgehead atoms. The Morgan fingerprint density at radius 3 is 2.81 bits per heavy atom. The highest BCUT2D eigenvalue weighted by Crippen LogP contribution is 2.36. The normalized spacial score (nSPS) is 17.1. The Morgan fingerprint density at radius 2 is 2.06 bits per heavy atom. The van der Waals surface area contributed by atoms with E-state index in [1.54, 1.807) is 29.5 Å². The largest absolute Gasteiger partial charge is 0.403 e. The summed E-state index contributed by atoms with van der Waals surface area (Å²) in [6.45, 7) is 0.435. The van der Waals surface area contributed by atoms with Gasteiger partial charge >= 0.3 is 6.01 Å². The zero-order chi connectivity index (χ0) is 22.7. The first kappa shape index (κ1) is 21.4. The standard InChI is InChI=1S/C21H18ClF2N7O/c22-12(4-1-2-8-25)10-15(26)19-18-16(27-11-28-18)7-9-31(19)21-30-29-20(32-21)17-13(23)5-3-6-14(17)24/h1-6,8,10-11,19,25H,7,9,26H2,(H,27,28)/b2-1-,12-4-,15-10-,25-8?. The maximum Gasteiger partial charge on any atom is 0.319 e. The molecule has 0 radical (unpaired) electrons. The van der Waals surface area contributed by atoms with Gasteiger partial charge in [-0.05, 0) is 30.4 Å². The molecule has 1 aromatic carbocycles. The van der Waals surface area contributed by atoms with Crippen LogP contribution < -0.4 is 10.6 Å². The van der Waals surface area contributed by atoms with Crippen molar-refractivity contribution in [2.45, 2.75) is 12.5 Å². The highest BCUT2D eigenvalue weighted by Gasteiger charge is 2.35. The minimum absolute atomic E-state index is 0.0430. The van der Waals surface area contributed by atoms with Crippen molar-refractivity contribution in [2.75, 3.05) is 11.4 Å². The van der Waals surface area contributed by atoms with Gasteiger partial charge in [-0.25, -0.2) is 13.8 Å². The summed E-state index contributed by atoms with van der Waals surface area (Å²) in [5, 5.41) is 15.2. The highest BCUT2D eigenvalue weighted by atomic mass is 35.5. The van der Waals surface area contributed by atoms with Crippen molar-refractivity contribution in [1.82, 2.24) is 20.2 Å². The summed E-state index contributed by atoms with van der Waals surface area (Å²) < 4.78 is 34.0. The van der Waals surface area contributed by atoms with Crippen LogP contribution in [-0.2, 0) is 6.42 Å². The number of nitrogens with two attached hydrogens (primary N) is 1. The van der Waals surface area contributed by atoms with Crippen LogP contribution >= 0.6 is 11.6 Å². The number of aromatic nitrogens is 4. The van der Waals surface area contributed by atoms with Crippen LogP contribution in [0.3, 0.4) is 0 Å². The number of nitrogens with zero attached hydrogens (tertiary/aromatic N) is 4. The fourth-order valence-corrected chi connectivity index (χ4v) is 3.64. The Hall–Kier alpha value is -3.79. The smallest absolute Gasteiger partial charge is 0.319 e. The number of imidazole rings is 1. The molecule has 1 aliphatic heterocycles. The molecule has 3 heterocycles. The molecule has 0 aliphatic carbocycles. The van der Waals surface area contributed by atoms with E-state index in [1.165, 1.54) is 12.1 Å². The van der Waals surface area contributed by atoms with Gasteiger partial charge in [0.25, 0.3) is 5.89 Å². The van der Waals surface area contributed by atoms with Gasteiger partial charge in [0.2, 0.25) is 0 Å². The van der Waals surface area contributed by atoms with E-state index < -0.39 is 23.2 Å². The number of rotatable bonds is 6. The van der Waals surface area contributed by atoms with Gasteiger partial charge < -0.3 is 25.4 Å². The number of H-pyrrole nitrogens is 1. The fraction of sp³-hybridized carbons (Fsp3) is 0.143. The van der Waals surface area contributed by atoms with Crippen LogP contribution in [0.5, 0.6) is 0 Å². The molecular weight excluding hydrogens is 440 g/mol. The van der Waals surface area contributed by atoms with Crippen LogP contribution in [0.25, 0.3) is 11.5 Å². The average molecular weight is 458 g/mol. The topological polar surface area (TPSA) is 121 Å². The van der Waals surface area contributed by atoms with Crippen LogP contribution in [0.1, 0.15) is 17.4 Å². The van der Waals surface area contributed by atoms with Gasteiger partial charge in [0.15, 0.2) is 0 Å². The average Bonchev–Trinajstić information content (AvgIpc) is 3.42. The second-order valence-electron chi connectivity index (χ2n) is 6.85. The second-order valence-corrected chi connectivity index (χ2v) is 7.28. The monoisotopic (exact) mass is 457 g/mol. The summed E-state index contributed by atoms with van der Waals surface area (Å²) in [7, 11) is 0. The molecule has 0 fully saturated rings. The van der Waals surface area contributed by atoms with Gasteiger partial charge in [-0.2, -0.15) is 0 Å². The lowest BCUT2D eigenvalue weighted by molar-refractivity contribution is 0.496. The molecule has 4 rings (SSSR count). The van der Waals surface area contributed by atoms with Crippen molar-refractivity contribution in [2.24, 2.45) is 5.73 Å². The molecule has 8 nitrogen and oxygen atoms in total. The number of nitrogens with one attached hydrogen (secondary N) is 2. The third-order valence-electron chi connectivity index (χ3n) is 4.84. The maximum absolute atomic E-state index is 14.2. The molecule has 4 N–H and O–H groups in total. The summed E-state index contributed by atoms with van der Waals surface area (Å²) in [5.41, 5.74) is 7.88. The molecule has 1 unspecified atom stereocenters. The van der Waals surface area contributed by atoms with E-state index in [9.17, 15) is 8.78 Å². The van der Waals surface area contributed by atoms with Gasteiger partial charge in [-0.3, -0.25) is 0 Å². The molecule has 11 heteroatoms. The van der Waals surface area contributed by atoms with E-state index in [0.29, 0.717) is 29.4 Å². The third kappa shape index (κ3) is 4.17. The Balaban J connectivity index is 1.72. The number of fused-ring (bicyclic) bond motifs is 1. The molecule has 0 saturated heterocycles. The van der Waals surface area contributed by atoms with Gasteiger partial charge in [0.05, 0.1) is 12.0 Å². The minimum atomic E-state index is -0.806. The summed E-state index contributed by atoms with van der Waals surface area (Å²) >= 11 is 6.24. The van der Waals surface area contributed by atoms with Crippen molar-refractivity contribution in [1.29, 1.82) is 5.41 Å². The molecule has 1 aliphatic rings. The van der Waals surface area contributed by atoms with Crippen LogP contribution in [0, 0.1) is 17.0 Å². The van der Waals surface area contributed by atoms with Crippen molar-refractivity contribution in [3.8, 4) is 11.5 Å². The Labute approximate surface area is 186 Å². The van der Waals surface area contributed by atoms with Crippen LogP contribution in [0.4, 0.5) is 14.8 Å². The Bertz CT molecular complexity index is 1210. The summed E-state index contributed by atoms with van der Waals surface area (Å²) in [6.07, 6.45) is 9.54. The predicted molar refractivity (Wildman–Crippen MR) is 116 cm³/mol. The van der Waals surface area contributed by atoms with Gasteiger partial charge in [-0.15, -0.1) is 5.10 Å². The van der Waals surface area contributed by atoms with Gasteiger partial charge in [0, 0.05) is 35.6 Å². The first-order valence-corrected chi connectivity index (χ1v) is 9.94. The third-order valence-corrected chi connectivity index (χ3v) is 5.08. The predicted octanol–water partition coefficient (Wildman–Crippen LogP) is 4.01. The van der Waals surface area contributed by atoms with Crippen molar-refractivity contribution in [3.05, 3.63) is 82.6 Å². The lowest BCUT2D eigenvalue weighted by Crippen LogP contribution is -2.38. The Morgan fingerprint density at radius 1 is 1.28 bits per heavy atom. The van der Waals surface area contributed by atoms with Gasteiger partial charge in [-0.1, -0.05) is 28.8 Å². The van der Waals surface area contributed by atoms with E-state index in [4.69, 9.17) is 27.2 Å². The van der Waals surface area contributed by atoms with E-state index >= 15 is 0 Å². The lowest BCUT2D eigenvalue weighted by Gasteiger charge is -2.33. The SMILES string of the molecule is N=C\C=C/C=C(Cl)/C=C(\N)C1c2nc[nH]c2CCN1c1nnc(-c2c(F)cccc2F)o1. The van der Waals surface area contributed by atoms with E-state index in [0.717, 1.165) is 24.0 Å². The highest BCUT2D eigenvalue weighted by molar-refractivity contribution is 6.31. The number of anilines is 1. The van der Waals surface area contributed by atoms with Crippen LogP contribution in [0.2, 0.25) is 0 Å². The summed E-state index contributed by atoms with van der Waals surface area (Å²) in [5.74, 6) is -1.89. The first-order chi connectivity index (χ1) is 15.5. The quantitative estimate of drug-likeness (QED) is 0.380. The fourth-order valence-electron chi connectivity index (χ4n) is 3.44. The number of allylic oxidation sites excluding steroid dienone is 5. The molecule has 2 aromatic heterocycles. The second kappa shape index (κ2) is 9.15. The minimum Gasteiger partial charge on any atom is -0.403 e. The molecule has 0 amide bonds. The molecule has 3 aromatic rings. The maximum atomic E-state index is 14.2. The van der Waals surface area contributed by atoms with Crippen molar-refractivity contribution in [3.63, 3.8) is 0 Å². The van der Waals surface area contributed by atoms with E-state index in [-0.39, 0.29) is 11.9 Å². The number of aromatic amines is 1. The van der Waals surface area contributed by atoms with Crippen LogP contribution in [-0.4, -0.2) is 32.9 Å². The molecule has 164 valence electrons. The van der Waals surface area contributed by atoms with Crippen LogP contribution in [0.15, 0.2) is 64.0 Å². The first-order valence-electron chi connectivity index (χ1n) is 9.56.